The number of fused-ring (bicyclic) bond motifs is 2. The van der Waals surface area contributed by atoms with Gasteiger partial charge in [-0.2, -0.15) is 0 Å². The van der Waals surface area contributed by atoms with Crippen molar-refractivity contribution in [2.24, 2.45) is 0 Å². The number of ether oxygens (including phenoxy) is 2. The number of nitrogens with one attached hydrogen (secondary N) is 1. The van der Waals surface area contributed by atoms with Crippen LogP contribution in [0, 0.1) is 0 Å². The summed E-state index contributed by atoms with van der Waals surface area (Å²) < 4.78 is 12.1. The molecule has 1 aromatic heterocycles. The predicted octanol–water partition coefficient (Wildman–Crippen LogP) is 4.14. The molecular formula is C34H42N6O3. The van der Waals surface area contributed by atoms with Crippen LogP contribution >= 0.6 is 0 Å². The average molecular weight is 583 g/mol. The number of carbonyl (C=O) groups excluding carboxylic acids is 1. The summed E-state index contributed by atoms with van der Waals surface area (Å²) in [6, 6.07) is 12.9. The van der Waals surface area contributed by atoms with Gasteiger partial charge in [0.1, 0.15) is 11.9 Å². The highest BCUT2D eigenvalue weighted by atomic mass is 16.5. The number of aromatic nitrogens is 2. The fraction of sp³-hybridized carbons (Fsp3) is 0.559. The number of hydrogen-bond acceptors (Lipinski definition) is 8. The largest absolute Gasteiger partial charge is 0.489 e. The number of amides is 1. The monoisotopic (exact) mass is 582 g/mol. The van der Waals surface area contributed by atoms with Crippen LogP contribution < -0.4 is 15.0 Å². The highest BCUT2D eigenvalue weighted by Crippen LogP contribution is 2.40. The first-order chi connectivity index (χ1) is 21.1. The van der Waals surface area contributed by atoms with E-state index in [1.807, 2.05) is 23.2 Å². The lowest BCUT2D eigenvalue weighted by Gasteiger charge is -2.41. The lowest BCUT2D eigenvalue weighted by Crippen LogP contribution is -2.48. The van der Waals surface area contributed by atoms with Gasteiger partial charge in [0.25, 0.3) is 5.91 Å². The normalized spacial score (nSPS) is 25.6. The number of hydrogen-bond donors (Lipinski definition) is 1. The molecule has 5 aliphatic heterocycles. The van der Waals surface area contributed by atoms with Crippen molar-refractivity contribution in [3.8, 4) is 5.75 Å². The van der Waals surface area contributed by atoms with Crippen molar-refractivity contribution in [2.75, 3.05) is 50.8 Å². The third-order valence-corrected chi connectivity index (χ3v) is 10.5. The summed E-state index contributed by atoms with van der Waals surface area (Å²) >= 11 is 0. The fourth-order valence-corrected chi connectivity index (χ4v) is 8.10. The zero-order valence-corrected chi connectivity index (χ0v) is 25.0. The molecule has 0 saturated carbocycles. The fourth-order valence-electron chi connectivity index (χ4n) is 8.10. The number of rotatable bonds is 6. The number of nitrogens with zero attached hydrogens (tertiary/aromatic N) is 5. The number of piperidine rings is 1. The Kier molecular flexibility index (Phi) is 7.20. The number of anilines is 1. The molecule has 2 atom stereocenters. The Morgan fingerprint density at radius 3 is 2.86 bits per heavy atom. The van der Waals surface area contributed by atoms with Crippen LogP contribution in [-0.4, -0.2) is 89.3 Å². The first kappa shape index (κ1) is 27.3. The van der Waals surface area contributed by atoms with E-state index in [4.69, 9.17) is 19.4 Å². The summed E-state index contributed by atoms with van der Waals surface area (Å²) in [7, 11) is 0. The minimum atomic E-state index is 0.151. The third kappa shape index (κ3) is 5.25. The van der Waals surface area contributed by atoms with E-state index >= 15 is 0 Å². The Labute approximate surface area is 253 Å². The summed E-state index contributed by atoms with van der Waals surface area (Å²) in [6.07, 6.45) is 9.90. The molecule has 4 saturated heterocycles. The Morgan fingerprint density at radius 2 is 1.98 bits per heavy atom. The third-order valence-electron chi connectivity index (χ3n) is 10.5. The van der Waals surface area contributed by atoms with Gasteiger partial charge >= 0.3 is 0 Å². The molecule has 43 heavy (non-hydrogen) atoms. The zero-order chi connectivity index (χ0) is 28.8. The van der Waals surface area contributed by atoms with Crippen molar-refractivity contribution in [1.82, 2.24) is 25.1 Å². The molecule has 5 aliphatic rings. The Balaban J connectivity index is 0.890. The maximum Gasteiger partial charge on any atom is 0.254 e. The van der Waals surface area contributed by atoms with Crippen LogP contribution in [0.2, 0.25) is 0 Å². The molecule has 4 fully saturated rings. The molecule has 6 heterocycles. The smallest absolute Gasteiger partial charge is 0.254 e. The topological polar surface area (TPSA) is 83.1 Å². The molecule has 0 bridgehead atoms. The summed E-state index contributed by atoms with van der Waals surface area (Å²) in [5.74, 6) is 1.91. The summed E-state index contributed by atoms with van der Waals surface area (Å²) in [5.41, 5.74) is 4.39. The van der Waals surface area contributed by atoms with Crippen LogP contribution in [0.5, 0.6) is 5.75 Å². The molecule has 226 valence electrons. The zero-order valence-electron chi connectivity index (χ0n) is 25.0. The molecule has 0 radical (unpaired) electrons. The van der Waals surface area contributed by atoms with E-state index in [1.54, 1.807) is 0 Å². The first-order valence-electron chi connectivity index (χ1n) is 16.3. The number of likely N-dealkylation sites (tertiary alicyclic amines) is 1. The van der Waals surface area contributed by atoms with Crippen LogP contribution in [-0.2, 0) is 17.8 Å². The highest BCUT2D eigenvalue weighted by Gasteiger charge is 2.43. The van der Waals surface area contributed by atoms with Crippen LogP contribution in [0.4, 0.5) is 5.95 Å². The highest BCUT2D eigenvalue weighted by molar-refractivity contribution is 5.98. The van der Waals surface area contributed by atoms with E-state index in [1.165, 1.54) is 18.4 Å². The van der Waals surface area contributed by atoms with Gasteiger partial charge in [-0.15, -0.1) is 0 Å². The first-order valence-corrected chi connectivity index (χ1v) is 16.3. The maximum atomic E-state index is 13.0. The molecule has 9 nitrogen and oxygen atoms in total. The van der Waals surface area contributed by atoms with E-state index in [9.17, 15) is 4.79 Å². The van der Waals surface area contributed by atoms with E-state index in [0.717, 1.165) is 118 Å². The van der Waals surface area contributed by atoms with Crippen molar-refractivity contribution in [2.45, 2.75) is 75.7 Å². The molecule has 9 heteroatoms. The molecule has 1 unspecified atom stereocenters. The standard InChI is InChI=1S/C34H42N6O3/c41-32-30-6-5-28(18-26(30)22-39(32)27-3-1-12-35-20-27)43-29-8-14-38(23-29)21-24-4-7-31-25(17-24)19-36-33(37-31)40-13-2-9-34(40)10-15-42-16-11-34/h4-7,17-19,27,29,35H,1-3,8-16,20-23H2/t27?,29-/m0/s1. The van der Waals surface area contributed by atoms with Crippen molar-refractivity contribution in [1.29, 1.82) is 0 Å². The number of benzene rings is 2. The van der Waals surface area contributed by atoms with Crippen LogP contribution in [0.15, 0.2) is 42.6 Å². The van der Waals surface area contributed by atoms with Crippen LogP contribution in [0.1, 0.15) is 66.4 Å². The van der Waals surface area contributed by atoms with Gasteiger partial charge in [0.2, 0.25) is 5.95 Å². The van der Waals surface area contributed by atoms with Gasteiger partial charge in [0, 0.05) is 81.2 Å². The SMILES string of the molecule is O=C1c2ccc(O[C@H]3CCN(Cc4ccc5nc(N6CCCC67CCOCC7)ncc5c4)C3)cc2CN1C1CCCNC1. The molecular weight excluding hydrogens is 540 g/mol. The quantitative estimate of drug-likeness (QED) is 0.465. The lowest BCUT2D eigenvalue weighted by atomic mass is 9.87. The van der Waals surface area contributed by atoms with Crippen molar-refractivity contribution < 1.29 is 14.3 Å². The van der Waals surface area contributed by atoms with Gasteiger partial charge in [0.05, 0.1) is 5.52 Å². The molecule has 1 amide bonds. The van der Waals surface area contributed by atoms with E-state index in [-0.39, 0.29) is 17.6 Å². The van der Waals surface area contributed by atoms with Gasteiger partial charge in [-0.25, -0.2) is 9.97 Å². The molecule has 1 N–H and O–H groups in total. The van der Waals surface area contributed by atoms with Crippen molar-refractivity contribution in [3.63, 3.8) is 0 Å². The van der Waals surface area contributed by atoms with Gasteiger partial charge in [-0.3, -0.25) is 9.69 Å². The molecule has 0 aliphatic carbocycles. The summed E-state index contributed by atoms with van der Waals surface area (Å²) in [4.78, 5) is 29.9. The average Bonchev–Trinajstić information content (AvgIpc) is 3.75. The molecule has 8 rings (SSSR count). The van der Waals surface area contributed by atoms with Crippen molar-refractivity contribution >= 4 is 22.8 Å². The Hall–Kier alpha value is -3.27. The van der Waals surface area contributed by atoms with Crippen molar-refractivity contribution in [3.05, 3.63) is 59.3 Å². The molecule has 2 aromatic carbocycles. The minimum absolute atomic E-state index is 0.151. The maximum absolute atomic E-state index is 13.0. The van der Waals surface area contributed by atoms with Gasteiger partial charge < -0.3 is 24.6 Å². The summed E-state index contributed by atoms with van der Waals surface area (Å²) in [5, 5.41) is 4.53. The van der Waals surface area contributed by atoms with Gasteiger partial charge in [0.15, 0.2) is 0 Å². The Bertz CT molecular complexity index is 1500. The summed E-state index contributed by atoms with van der Waals surface area (Å²) in [6.45, 7) is 8.11. The van der Waals surface area contributed by atoms with E-state index in [0.29, 0.717) is 12.6 Å². The molecule has 3 aromatic rings. The minimum Gasteiger partial charge on any atom is -0.489 e. The lowest BCUT2D eigenvalue weighted by molar-refractivity contribution is 0.0541. The van der Waals surface area contributed by atoms with Crippen LogP contribution in [0.25, 0.3) is 10.9 Å². The second kappa shape index (κ2) is 11.3. The number of carbonyl (C=O) groups is 1. The van der Waals surface area contributed by atoms with Gasteiger partial charge in [-0.05, 0) is 92.9 Å². The van der Waals surface area contributed by atoms with E-state index in [2.05, 4.69) is 39.4 Å². The predicted molar refractivity (Wildman–Crippen MR) is 165 cm³/mol. The van der Waals surface area contributed by atoms with Crippen LogP contribution in [0.3, 0.4) is 0 Å². The molecule has 1 spiro atoms. The second-order valence-corrected chi connectivity index (χ2v) is 13.2. The van der Waals surface area contributed by atoms with E-state index < -0.39 is 0 Å². The van der Waals surface area contributed by atoms with Gasteiger partial charge in [-0.1, -0.05) is 6.07 Å². The Morgan fingerprint density at radius 1 is 1.05 bits per heavy atom. The second-order valence-electron chi connectivity index (χ2n) is 13.2.